The summed E-state index contributed by atoms with van der Waals surface area (Å²) >= 11 is 0. The second-order valence-electron chi connectivity index (χ2n) is 4.85. The first-order chi connectivity index (χ1) is 9.78. The maximum absolute atomic E-state index is 8.75. The predicted molar refractivity (Wildman–Crippen MR) is 71.8 cm³/mol. The molecule has 110 valence electrons. The second-order valence-corrected chi connectivity index (χ2v) is 4.85. The Morgan fingerprint density at radius 2 is 2.10 bits per heavy atom. The summed E-state index contributed by atoms with van der Waals surface area (Å²) in [6.07, 6.45) is 0.510. The number of ether oxygens (including phenoxy) is 1. The van der Waals surface area contributed by atoms with Crippen LogP contribution in [0.4, 0.5) is 0 Å². The first-order valence-corrected chi connectivity index (χ1v) is 6.96. The molecule has 0 bridgehead atoms. The lowest BCUT2D eigenvalue weighted by atomic mass is 10.3. The SMILES string of the molecule is Cc1nnc(CN(CCC#N)CCN2CCOCC2)o1. The summed E-state index contributed by atoms with van der Waals surface area (Å²) in [6.45, 7) is 8.55. The molecular formula is C13H21N5O2. The summed E-state index contributed by atoms with van der Waals surface area (Å²) in [5.74, 6) is 1.19. The van der Waals surface area contributed by atoms with Gasteiger partial charge in [-0.25, -0.2) is 0 Å². The van der Waals surface area contributed by atoms with Crippen molar-refractivity contribution in [1.82, 2.24) is 20.0 Å². The molecule has 2 heterocycles. The number of morpholine rings is 1. The minimum absolute atomic E-state index is 0.510. The van der Waals surface area contributed by atoms with Crippen LogP contribution in [0.25, 0.3) is 0 Å². The molecule has 0 aliphatic carbocycles. The average molecular weight is 279 g/mol. The van der Waals surface area contributed by atoms with E-state index in [1.807, 2.05) is 0 Å². The van der Waals surface area contributed by atoms with Gasteiger partial charge in [-0.3, -0.25) is 9.80 Å². The van der Waals surface area contributed by atoms with Gasteiger partial charge in [0.1, 0.15) is 0 Å². The van der Waals surface area contributed by atoms with E-state index in [4.69, 9.17) is 14.4 Å². The molecule has 0 N–H and O–H groups in total. The van der Waals surface area contributed by atoms with Crippen molar-refractivity contribution in [3.05, 3.63) is 11.8 Å². The van der Waals surface area contributed by atoms with E-state index in [2.05, 4.69) is 26.1 Å². The zero-order valence-corrected chi connectivity index (χ0v) is 11.9. The molecule has 0 amide bonds. The van der Waals surface area contributed by atoms with Crippen LogP contribution >= 0.6 is 0 Å². The lowest BCUT2D eigenvalue weighted by Gasteiger charge is -2.29. The molecule has 0 unspecified atom stereocenters. The van der Waals surface area contributed by atoms with Gasteiger partial charge in [0.25, 0.3) is 0 Å². The molecule has 0 radical (unpaired) electrons. The van der Waals surface area contributed by atoms with Crippen molar-refractivity contribution in [2.75, 3.05) is 45.9 Å². The Bertz CT molecular complexity index is 436. The normalized spacial score (nSPS) is 16.4. The Morgan fingerprint density at radius 3 is 2.75 bits per heavy atom. The fraction of sp³-hybridized carbons (Fsp3) is 0.769. The second kappa shape index (κ2) is 7.94. The fourth-order valence-electron chi connectivity index (χ4n) is 2.18. The number of hydrogen-bond donors (Lipinski definition) is 0. The molecule has 1 saturated heterocycles. The van der Waals surface area contributed by atoms with Gasteiger partial charge in [-0.1, -0.05) is 0 Å². The fourth-order valence-corrected chi connectivity index (χ4v) is 2.18. The molecule has 1 aliphatic heterocycles. The molecule has 1 fully saturated rings. The number of nitrogens with zero attached hydrogens (tertiary/aromatic N) is 5. The van der Waals surface area contributed by atoms with Gasteiger partial charge >= 0.3 is 0 Å². The summed E-state index contributed by atoms with van der Waals surface area (Å²) < 4.78 is 10.7. The largest absolute Gasteiger partial charge is 0.424 e. The van der Waals surface area contributed by atoms with Gasteiger partial charge in [-0.05, 0) is 0 Å². The molecule has 7 nitrogen and oxygen atoms in total. The Kier molecular flexibility index (Phi) is 5.92. The third-order valence-corrected chi connectivity index (χ3v) is 3.30. The predicted octanol–water partition coefficient (Wildman–Crippen LogP) is 0.426. The van der Waals surface area contributed by atoms with Gasteiger partial charge in [0.2, 0.25) is 11.8 Å². The standard InChI is InChI=1S/C13H21N5O2/c1-12-15-16-13(20-12)11-18(4-2-3-14)6-5-17-7-9-19-10-8-17/h2,4-11H2,1H3. The van der Waals surface area contributed by atoms with Crippen LogP contribution in [0.3, 0.4) is 0 Å². The van der Waals surface area contributed by atoms with Crippen LogP contribution in [0.1, 0.15) is 18.2 Å². The molecular weight excluding hydrogens is 258 g/mol. The van der Waals surface area contributed by atoms with Gasteiger partial charge in [-0.15, -0.1) is 10.2 Å². The zero-order valence-electron chi connectivity index (χ0n) is 11.9. The number of aromatic nitrogens is 2. The van der Waals surface area contributed by atoms with Crippen LogP contribution in [-0.4, -0.2) is 65.9 Å². The highest BCUT2D eigenvalue weighted by molar-refractivity contribution is 4.81. The third kappa shape index (κ3) is 4.89. The van der Waals surface area contributed by atoms with Crippen molar-refractivity contribution in [2.45, 2.75) is 19.9 Å². The van der Waals surface area contributed by atoms with E-state index in [1.54, 1.807) is 6.92 Å². The maximum Gasteiger partial charge on any atom is 0.230 e. The van der Waals surface area contributed by atoms with E-state index in [0.717, 1.165) is 45.9 Å². The highest BCUT2D eigenvalue weighted by atomic mass is 16.5. The van der Waals surface area contributed by atoms with Gasteiger partial charge in [-0.2, -0.15) is 5.26 Å². The van der Waals surface area contributed by atoms with E-state index < -0.39 is 0 Å². The highest BCUT2D eigenvalue weighted by Gasteiger charge is 2.14. The molecule has 1 aliphatic rings. The van der Waals surface area contributed by atoms with E-state index in [1.165, 1.54) is 0 Å². The van der Waals surface area contributed by atoms with Crippen LogP contribution in [-0.2, 0) is 11.3 Å². The van der Waals surface area contributed by atoms with Crippen molar-refractivity contribution in [3.63, 3.8) is 0 Å². The molecule has 1 aromatic heterocycles. The zero-order chi connectivity index (χ0) is 14.2. The summed E-state index contributed by atoms with van der Waals surface area (Å²) in [4.78, 5) is 4.56. The van der Waals surface area contributed by atoms with E-state index in [-0.39, 0.29) is 0 Å². The first kappa shape index (κ1) is 14.9. The van der Waals surface area contributed by atoms with Gasteiger partial charge < -0.3 is 9.15 Å². The van der Waals surface area contributed by atoms with Crippen LogP contribution in [0.2, 0.25) is 0 Å². The summed E-state index contributed by atoms with van der Waals surface area (Å²) in [5.41, 5.74) is 0. The molecule has 0 aromatic carbocycles. The monoisotopic (exact) mass is 279 g/mol. The summed E-state index contributed by atoms with van der Waals surface area (Å²) in [7, 11) is 0. The van der Waals surface area contributed by atoms with Gasteiger partial charge in [0.15, 0.2) is 0 Å². The quantitative estimate of drug-likeness (QED) is 0.716. The van der Waals surface area contributed by atoms with Crippen molar-refractivity contribution in [1.29, 1.82) is 5.26 Å². The molecule has 0 spiro atoms. The summed E-state index contributed by atoms with van der Waals surface area (Å²) in [5, 5.41) is 16.6. The van der Waals surface area contributed by atoms with Crippen LogP contribution in [0.15, 0.2) is 4.42 Å². The molecule has 20 heavy (non-hydrogen) atoms. The number of nitriles is 1. The minimum Gasteiger partial charge on any atom is -0.424 e. The lowest BCUT2D eigenvalue weighted by molar-refractivity contribution is 0.0326. The smallest absolute Gasteiger partial charge is 0.230 e. The Labute approximate surface area is 119 Å². The molecule has 1 aromatic rings. The van der Waals surface area contributed by atoms with Crippen molar-refractivity contribution < 1.29 is 9.15 Å². The molecule has 7 heteroatoms. The van der Waals surface area contributed by atoms with E-state index in [9.17, 15) is 0 Å². The number of hydrogen-bond acceptors (Lipinski definition) is 7. The van der Waals surface area contributed by atoms with Crippen LogP contribution in [0.5, 0.6) is 0 Å². The minimum atomic E-state index is 0.510. The van der Waals surface area contributed by atoms with Crippen molar-refractivity contribution in [2.24, 2.45) is 0 Å². The Balaban J connectivity index is 1.81. The maximum atomic E-state index is 8.75. The topological polar surface area (TPSA) is 78.4 Å². The van der Waals surface area contributed by atoms with E-state index in [0.29, 0.717) is 24.7 Å². The van der Waals surface area contributed by atoms with E-state index >= 15 is 0 Å². The Hall–Kier alpha value is -1.49. The summed E-state index contributed by atoms with van der Waals surface area (Å²) in [6, 6.07) is 2.19. The third-order valence-electron chi connectivity index (χ3n) is 3.30. The Morgan fingerprint density at radius 1 is 1.30 bits per heavy atom. The molecule has 0 atom stereocenters. The first-order valence-electron chi connectivity index (χ1n) is 6.96. The van der Waals surface area contributed by atoms with Gasteiger partial charge in [0, 0.05) is 46.1 Å². The number of rotatable bonds is 7. The molecule has 0 saturated carbocycles. The number of aryl methyl sites for hydroxylation is 1. The van der Waals surface area contributed by atoms with Crippen LogP contribution in [0, 0.1) is 18.3 Å². The highest BCUT2D eigenvalue weighted by Crippen LogP contribution is 2.05. The molecule has 2 rings (SSSR count). The van der Waals surface area contributed by atoms with Crippen molar-refractivity contribution >= 4 is 0 Å². The van der Waals surface area contributed by atoms with Gasteiger partial charge in [0.05, 0.1) is 25.8 Å². The average Bonchev–Trinajstić information content (AvgIpc) is 2.88. The van der Waals surface area contributed by atoms with Crippen molar-refractivity contribution in [3.8, 4) is 6.07 Å². The lowest BCUT2D eigenvalue weighted by Crippen LogP contribution is -2.41. The van der Waals surface area contributed by atoms with Crippen LogP contribution < -0.4 is 0 Å².